The SMILES string of the molecule is CNC(c1cc2cc(C)ccc2o1)C(OC)C(C)C. The first-order valence-electron chi connectivity index (χ1n) is 6.77. The predicted molar refractivity (Wildman–Crippen MR) is 78.4 cm³/mol. The monoisotopic (exact) mass is 261 g/mol. The molecule has 0 aliphatic carbocycles. The number of benzene rings is 1. The molecule has 2 unspecified atom stereocenters. The number of ether oxygens (including phenoxy) is 1. The van der Waals surface area contributed by atoms with Crippen molar-refractivity contribution in [3.63, 3.8) is 0 Å². The number of rotatable bonds is 5. The zero-order valence-electron chi connectivity index (χ0n) is 12.4. The van der Waals surface area contributed by atoms with Crippen molar-refractivity contribution in [3.8, 4) is 0 Å². The maximum atomic E-state index is 5.97. The molecule has 1 N–H and O–H groups in total. The third kappa shape index (κ3) is 2.82. The summed E-state index contributed by atoms with van der Waals surface area (Å²) in [6.45, 7) is 6.41. The Morgan fingerprint density at radius 1 is 1.21 bits per heavy atom. The minimum atomic E-state index is 0.0673. The molecule has 1 aromatic heterocycles. The second-order valence-corrected chi connectivity index (χ2v) is 5.40. The molecule has 1 aromatic carbocycles. The summed E-state index contributed by atoms with van der Waals surface area (Å²) in [5, 5.41) is 4.45. The molecule has 0 saturated carbocycles. The predicted octanol–water partition coefficient (Wildman–Crippen LogP) is 3.67. The second-order valence-electron chi connectivity index (χ2n) is 5.40. The lowest BCUT2D eigenvalue weighted by Gasteiger charge is -2.27. The molecule has 0 spiro atoms. The Hall–Kier alpha value is -1.32. The first-order valence-corrected chi connectivity index (χ1v) is 6.77. The van der Waals surface area contributed by atoms with Gasteiger partial charge in [0.15, 0.2) is 0 Å². The van der Waals surface area contributed by atoms with Crippen molar-refractivity contribution in [3.05, 3.63) is 35.6 Å². The third-order valence-electron chi connectivity index (χ3n) is 3.57. The standard InChI is InChI=1S/C16H23NO2/c1-10(2)16(18-5)15(17-4)14-9-12-8-11(3)6-7-13(12)19-14/h6-10,15-17H,1-5H3. The Kier molecular flexibility index (Phi) is 4.27. The number of hydrogen-bond donors (Lipinski definition) is 1. The van der Waals surface area contributed by atoms with Crippen molar-refractivity contribution in [2.45, 2.75) is 32.9 Å². The van der Waals surface area contributed by atoms with Crippen molar-refractivity contribution in [1.29, 1.82) is 0 Å². The summed E-state index contributed by atoms with van der Waals surface area (Å²) in [4.78, 5) is 0. The van der Waals surface area contributed by atoms with Gasteiger partial charge in [0.2, 0.25) is 0 Å². The number of likely N-dealkylation sites (N-methyl/N-ethyl adjacent to an activating group) is 1. The van der Waals surface area contributed by atoms with Gasteiger partial charge in [-0.05, 0) is 38.1 Å². The van der Waals surface area contributed by atoms with E-state index in [-0.39, 0.29) is 12.1 Å². The highest BCUT2D eigenvalue weighted by atomic mass is 16.5. The van der Waals surface area contributed by atoms with Crippen molar-refractivity contribution < 1.29 is 9.15 Å². The van der Waals surface area contributed by atoms with E-state index >= 15 is 0 Å². The van der Waals surface area contributed by atoms with Crippen LogP contribution in [0.3, 0.4) is 0 Å². The fourth-order valence-electron chi connectivity index (χ4n) is 2.60. The molecule has 0 fully saturated rings. The minimum absolute atomic E-state index is 0.0673. The highest BCUT2D eigenvalue weighted by molar-refractivity contribution is 5.78. The highest BCUT2D eigenvalue weighted by Crippen LogP contribution is 2.29. The number of fused-ring (bicyclic) bond motifs is 1. The van der Waals surface area contributed by atoms with E-state index in [0.717, 1.165) is 16.7 Å². The van der Waals surface area contributed by atoms with Crippen LogP contribution in [0, 0.1) is 12.8 Å². The highest BCUT2D eigenvalue weighted by Gasteiger charge is 2.27. The van der Waals surface area contributed by atoms with Gasteiger partial charge in [0.25, 0.3) is 0 Å². The molecule has 2 atom stereocenters. The van der Waals surface area contributed by atoms with Crippen LogP contribution in [-0.2, 0) is 4.74 Å². The first kappa shape index (κ1) is 14.1. The number of methoxy groups -OCH3 is 1. The minimum Gasteiger partial charge on any atom is -0.459 e. The maximum Gasteiger partial charge on any atom is 0.134 e. The largest absolute Gasteiger partial charge is 0.459 e. The smallest absolute Gasteiger partial charge is 0.134 e. The van der Waals surface area contributed by atoms with E-state index in [4.69, 9.17) is 9.15 Å². The third-order valence-corrected chi connectivity index (χ3v) is 3.57. The molecular formula is C16H23NO2. The summed E-state index contributed by atoms with van der Waals surface area (Å²) < 4.78 is 11.6. The zero-order valence-corrected chi connectivity index (χ0v) is 12.4. The van der Waals surface area contributed by atoms with E-state index in [9.17, 15) is 0 Å². The van der Waals surface area contributed by atoms with Gasteiger partial charge in [0.05, 0.1) is 12.1 Å². The lowest BCUT2D eigenvalue weighted by Crippen LogP contribution is -2.34. The van der Waals surface area contributed by atoms with Gasteiger partial charge in [-0.2, -0.15) is 0 Å². The molecule has 104 valence electrons. The molecule has 0 aliphatic heterocycles. The number of furan rings is 1. The van der Waals surface area contributed by atoms with Crippen molar-refractivity contribution in [2.24, 2.45) is 5.92 Å². The van der Waals surface area contributed by atoms with Gasteiger partial charge in [0, 0.05) is 12.5 Å². The average molecular weight is 261 g/mol. The molecule has 1 heterocycles. The fourth-order valence-corrected chi connectivity index (χ4v) is 2.60. The van der Waals surface area contributed by atoms with E-state index in [1.54, 1.807) is 7.11 Å². The van der Waals surface area contributed by atoms with Crippen molar-refractivity contribution in [1.82, 2.24) is 5.32 Å². The second kappa shape index (κ2) is 5.76. The number of aryl methyl sites for hydroxylation is 1. The lowest BCUT2D eigenvalue weighted by atomic mass is 9.97. The first-order chi connectivity index (χ1) is 9.06. The molecule has 2 rings (SSSR count). The molecular weight excluding hydrogens is 238 g/mol. The van der Waals surface area contributed by atoms with Crippen LogP contribution in [0.5, 0.6) is 0 Å². The molecule has 2 aromatic rings. The summed E-state index contributed by atoms with van der Waals surface area (Å²) in [5.74, 6) is 1.35. The van der Waals surface area contributed by atoms with Gasteiger partial charge in [-0.25, -0.2) is 0 Å². The van der Waals surface area contributed by atoms with Crippen LogP contribution in [0.2, 0.25) is 0 Å². The van der Waals surface area contributed by atoms with Crippen LogP contribution < -0.4 is 5.32 Å². The van der Waals surface area contributed by atoms with Gasteiger partial charge in [-0.15, -0.1) is 0 Å². The molecule has 19 heavy (non-hydrogen) atoms. The lowest BCUT2D eigenvalue weighted by molar-refractivity contribution is 0.0292. The van der Waals surface area contributed by atoms with Crippen LogP contribution in [0.25, 0.3) is 11.0 Å². The Morgan fingerprint density at radius 3 is 2.53 bits per heavy atom. The molecule has 0 aliphatic rings. The van der Waals surface area contributed by atoms with E-state index < -0.39 is 0 Å². The average Bonchev–Trinajstić information content (AvgIpc) is 2.77. The summed E-state index contributed by atoms with van der Waals surface area (Å²) in [6, 6.07) is 8.42. The van der Waals surface area contributed by atoms with E-state index in [1.165, 1.54) is 5.56 Å². The normalized spacial score (nSPS) is 15.1. The van der Waals surface area contributed by atoms with Gasteiger partial charge in [-0.1, -0.05) is 25.5 Å². The van der Waals surface area contributed by atoms with Gasteiger partial charge in [-0.3, -0.25) is 0 Å². The quantitative estimate of drug-likeness (QED) is 0.891. The van der Waals surface area contributed by atoms with Crippen LogP contribution in [0.1, 0.15) is 31.2 Å². The zero-order chi connectivity index (χ0) is 14.0. The summed E-state index contributed by atoms with van der Waals surface area (Å²) >= 11 is 0. The van der Waals surface area contributed by atoms with E-state index in [2.05, 4.69) is 44.3 Å². The van der Waals surface area contributed by atoms with Crippen LogP contribution >= 0.6 is 0 Å². The molecule has 3 heteroatoms. The van der Waals surface area contributed by atoms with Crippen LogP contribution in [0.15, 0.2) is 28.7 Å². The number of hydrogen-bond acceptors (Lipinski definition) is 3. The van der Waals surface area contributed by atoms with Gasteiger partial charge >= 0.3 is 0 Å². The fraction of sp³-hybridized carbons (Fsp3) is 0.500. The summed E-state index contributed by atoms with van der Waals surface area (Å²) in [5.41, 5.74) is 2.17. The summed E-state index contributed by atoms with van der Waals surface area (Å²) in [6.07, 6.45) is 0.0895. The van der Waals surface area contributed by atoms with Gasteiger partial charge < -0.3 is 14.5 Å². The Labute approximate surface area is 114 Å². The van der Waals surface area contributed by atoms with Crippen molar-refractivity contribution >= 4 is 11.0 Å². The molecule has 0 radical (unpaired) electrons. The Balaban J connectivity index is 2.40. The molecule has 3 nitrogen and oxygen atoms in total. The Bertz CT molecular complexity index is 545. The van der Waals surface area contributed by atoms with Crippen molar-refractivity contribution in [2.75, 3.05) is 14.2 Å². The van der Waals surface area contributed by atoms with Gasteiger partial charge in [0.1, 0.15) is 11.3 Å². The van der Waals surface area contributed by atoms with E-state index in [0.29, 0.717) is 5.92 Å². The van der Waals surface area contributed by atoms with Crippen LogP contribution in [0.4, 0.5) is 0 Å². The maximum absolute atomic E-state index is 5.97. The summed E-state index contributed by atoms with van der Waals surface area (Å²) in [7, 11) is 3.69. The molecule has 0 saturated heterocycles. The van der Waals surface area contributed by atoms with E-state index in [1.807, 2.05) is 13.1 Å². The molecule has 0 bridgehead atoms. The number of nitrogens with one attached hydrogen (secondary N) is 1. The molecule has 0 amide bonds. The van der Waals surface area contributed by atoms with Crippen LogP contribution in [-0.4, -0.2) is 20.3 Å². The topological polar surface area (TPSA) is 34.4 Å². The Morgan fingerprint density at radius 2 is 1.95 bits per heavy atom.